The fraction of sp³-hybridized carbons (Fsp3) is 0.844. The zero-order valence-corrected chi connectivity index (χ0v) is 37.0. The first-order valence-electron chi connectivity index (χ1n) is 22.8. The van der Waals surface area contributed by atoms with Gasteiger partial charge in [0.1, 0.15) is 42.7 Å². The van der Waals surface area contributed by atoms with Crippen LogP contribution in [0.2, 0.25) is 0 Å². The van der Waals surface area contributed by atoms with E-state index in [9.17, 15) is 39.8 Å². The Balaban J connectivity index is 2.42. The van der Waals surface area contributed by atoms with Crippen LogP contribution in [0.4, 0.5) is 0 Å². The number of unbranched alkanes of at least 4 members (excludes halogenated alkanes) is 20. The Morgan fingerprint density at radius 3 is 1.50 bits per heavy atom. The number of phosphoric ester groups is 1. The molecule has 1 aliphatic carbocycles. The van der Waals surface area contributed by atoms with E-state index in [1.54, 1.807) is 0 Å². The molecular weight excluding hydrogens is 763 g/mol. The number of aliphatic hydroxyl groups excluding tert-OH is 5. The lowest BCUT2D eigenvalue weighted by Crippen LogP contribution is -2.64. The first-order chi connectivity index (χ1) is 28.0. The number of hydrogen-bond acceptors (Lipinski definition) is 11. The largest absolute Gasteiger partial charge is 0.472 e. The summed E-state index contributed by atoms with van der Waals surface area (Å²) in [7, 11) is -5.02. The summed E-state index contributed by atoms with van der Waals surface area (Å²) in [6.07, 6.45) is 29.2. The van der Waals surface area contributed by atoms with Crippen molar-refractivity contribution in [3.05, 3.63) is 36.5 Å². The molecule has 1 aliphatic rings. The lowest BCUT2D eigenvalue weighted by molar-refractivity contribution is -0.220. The van der Waals surface area contributed by atoms with Crippen molar-refractivity contribution in [2.45, 2.75) is 224 Å². The second kappa shape index (κ2) is 36.2. The van der Waals surface area contributed by atoms with Crippen molar-refractivity contribution in [3.8, 4) is 0 Å². The Labute approximate surface area is 351 Å². The van der Waals surface area contributed by atoms with Crippen molar-refractivity contribution in [1.82, 2.24) is 0 Å². The zero-order chi connectivity index (χ0) is 42.7. The van der Waals surface area contributed by atoms with Crippen LogP contribution in [-0.2, 0) is 27.9 Å². The molecular formula is C45H83O12P. The lowest BCUT2D eigenvalue weighted by Gasteiger charge is -2.41. The molecule has 1 rings (SSSR count). The third-order valence-corrected chi connectivity index (χ3v) is 11.5. The molecule has 0 aromatic heterocycles. The molecule has 12 nitrogen and oxygen atoms in total. The molecule has 0 aliphatic heterocycles. The van der Waals surface area contributed by atoms with Gasteiger partial charge in [0.2, 0.25) is 0 Å². The molecule has 0 radical (unpaired) electrons. The summed E-state index contributed by atoms with van der Waals surface area (Å²) in [6.45, 7) is 4.20. The van der Waals surface area contributed by atoms with Gasteiger partial charge in [-0.3, -0.25) is 13.8 Å². The molecule has 0 saturated heterocycles. The summed E-state index contributed by atoms with van der Waals surface area (Å²) in [5.41, 5.74) is 0. The number of phosphoric acid groups is 1. The minimum Gasteiger partial charge on any atom is -0.457 e. The highest BCUT2D eigenvalue weighted by Gasteiger charge is 2.51. The van der Waals surface area contributed by atoms with E-state index in [-0.39, 0.29) is 13.0 Å². The van der Waals surface area contributed by atoms with Crippen LogP contribution < -0.4 is 0 Å². The standard InChI is InChI=1S/C45H83O12P/c1-3-5-7-9-11-13-15-17-19-21-23-25-27-29-31-33-35-54-36-38(37-55-58(52,53)57-45-43(50)41(48)40(47)42(49)44(45)51)56-39(46)34-32-30-28-26-24-22-20-18-16-14-12-10-8-6-4-2/h12,14,17-20,38,40-45,47-51H,3-11,13,15-16,21-37H2,1-2H3,(H,52,53)/b14-12-,19-17-,20-18-. The molecule has 340 valence electrons. The molecule has 13 heteroatoms. The second-order valence-corrected chi connectivity index (χ2v) is 17.3. The van der Waals surface area contributed by atoms with Crippen molar-refractivity contribution in [2.75, 3.05) is 19.8 Å². The van der Waals surface area contributed by atoms with Crippen LogP contribution in [0.15, 0.2) is 36.5 Å². The minimum absolute atomic E-state index is 0.0860. The maximum Gasteiger partial charge on any atom is 0.472 e. The fourth-order valence-electron chi connectivity index (χ4n) is 6.79. The van der Waals surface area contributed by atoms with Crippen LogP contribution >= 0.6 is 7.82 Å². The number of carbonyl (C=O) groups excluding carboxylic acids is 1. The van der Waals surface area contributed by atoms with Gasteiger partial charge < -0.3 is 39.9 Å². The Bertz CT molecular complexity index is 1100. The third-order valence-electron chi connectivity index (χ3n) is 10.5. The molecule has 6 atom stereocenters. The van der Waals surface area contributed by atoms with Gasteiger partial charge in [0.15, 0.2) is 0 Å². The Kier molecular flexibility index (Phi) is 34.1. The molecule has 1 saturated carbocycles. The highest BCUT2D eigenvalue weighted by molar-refractivity contribution is 7.47. The van der Waals surface area contributed by atoms with Gasteiger partial charge in [0.05, 0.1) is 13.2 Å². The molecule has 0 spiro atoms. The van der Waals surface area contributed by atoms with Crippen LogP contribution in [-0.4, -0.2) is 98.9 Å². The Morgan fingerprint density at radius 2 is 0.966 bits per heavy atom. The summed E-state index contributed by atoms with van der Waals surface area (Å²) in [5, 5.41) is 50.1. The molecule has 0 amide bonds. The van der Waals surface area contributed by atoms with Crippen molar-refractivity contribution >= 4 is 13.8 Å². The number of carbonyl (C=O) groups is 1. The summed E-state index contributed by atoms with van der Waals surface area (Å²) in [6, 6.07) is 0. The second-order valence-electron chi connectivity index (χ2n) is 15.9. The molecule has 0 aromatic carbocycles. The summed E-state index contributed by atoms with van der Waals surface area (Å²) in [4.78, 5) is 23.1. The minimum atomic E-state index is -5.02. The lowest BCUT2D eigenvalue weighted by atomic mass is 9.85. The first-order valence-corrected chi connectivity index (χ1v) is 24.3. The van der Waals surface area contributed by atoms with E-state index in [0.717, 1.165) is 77.0 Å². The normalized spacial score (nSPS) is 23.0. The quantitative estimate of drug-likeness (QED) is 0.0150. The summed E-state index contributed by atoms with van der Waals surface area (Å²) in [5.74, 6) is -0.493. The van der Waals surface area contributed by atoms with E-state index in [1.165, 1.54) is 77.0 Å². The average Bonchev–Trinajstić information content (AvgIpc) is 3.21. The predicted octanol–water partition coefficient (Wildman–Crippen LogP) is 9.09. The fourth-order valence-corrected chi connectivity index (χ4v) is 7.76. The van der Waals surface area contributed by atoms with E-state index in [1.807, 2.05) is 0 Å². The number of hydrogen-bond donors (Lipinski definition) is 6. The van der Waals surface area contributed by atoms with E-state index >= 15 is 0 Å². The number of esters is 1. The molecule has 0 bridgehead atoms. The van der Waals surface area contributed by atoms with Gasteiger partial charge in [-0.2, -0.15) is 0 Å². The Morgan fingerprint density at radius 1 is 0.552 bits per heavy atom. The third kappa shape index (κ3) is 28.2. The number of aliphatic hydroxyl groups is 5. The van der Waals surface area contributed by atoms with Crippen LogP contribution in [0.25, 0.3) is 0 Å². The van der Waals surface area contributed by atoms with E-state index in [4.69, 9.17) is 18.5 Å². The average molecular weight is 847 g/mol. The van der Waals surface area contributed by atoms with Crippen molar-refractivity contribution in [1.29, 1.82) is 0 Å². The maximum atomic E-state index is 12.8. The van der Waals surface area contributed by atoms with Crippen molar-refractivity contribution in [3.63, 3.8) is 0 Å². The smallest absolute Gasteiger partial charge is 0.457 e. The van der Waals surface area contributed by atoms with Crippen molar-refractivity contribution in [2.24, 2.45) is 0 Å². The first kappa shape index (κ1) is 54.6. The van der Waals surface area contributed by atoms with Gasteiger partial charge in [0, 0.05) is 13.0 Å². The van der Waals surface area contributed by atoms with Crippen molar-refractivity contribution < 1.29 is 58.3 Å². The molecule has 6 unspecified atom stereocenters. The van der Waals surface area contributed by atoms with E-state index < -0.39 is 63.1 Å². The number of allylic oxidation sites excluding steroid dienone is 6. The van der Waals surface area contributed by atoms with Gasteiger partial charge in [-0.1, -0.05) is 140 Å². The van der Waals surface area contributed by atoms with Crippen LogP contribution in [0.5, 0.6) is 0 Å². The van der Waals surface area contributed by atoms with E-state index in [0.29, 0.717) is 13.0 Å². The predicted molar refractivity (Wildman–Crippen MR) is 230 cm³/mol. The Hall–Kier alpha value is -1.44. The molecule has 1 fully saturated rings. The topological polar surface area (TPSA) is 192 Å². The van der Waals surface area contributed by atoms with E-state index in [2.05, 4.69) is 50.3 Å². The summed E-state index contributed by atoms with van der Waals surface area (Å²) >= 11 is 0. The SMILES string of the molecule is CCCCC/C=C\C/C=C\CCCCCCCC(=O)OC(COCCCCCCCC/C=C\CCCCCCCC)COP(=O)(O)OC1C(O)C(O)C(O)C(O)C1O. The molecule has 6 N–H and O–H groups in total. The monoisotopic (exact) mass is 847 g/mol. The van der Waals surface area contributed by atoms with Gasteiger partial charge in [-0.15, -0.1) is 0 Å². The van der Waals surface area contributed by atoms with Gasteiger partial charge >= 0.3 is 13.8 Å². The maximum absolute atomic E-state index is 12.8. The van der Waals surface area contributed by atoms with Gasteiger partial charge in [-0.25, -0.2) is 4.57 Å². The van der Waals surface area contributed by atoms with Crippen LogP contribution in [0, 0.1) is 0 Å². The van der Waals surface area contributed by atoms with Crippen LogP contribution in [0.3, 0.4) is 0 Å². The number of ether oxygens (including phenoxy) is 2. The van der Waals surface area contributed by atoms with Gasteiger partial charge in [0.25, 0.3) is 0 Å². The molecule has 58 heavy (non-hydrogen) atoms. The molecule has 0 heterocycles. The van der Waals surface area contributed by atoms with Gasteiger partial charge in [-0.05, 0) is 70.6 Å². The molecule has 0 aromatic rings. The highest BCUT2D eigenvalue weighted by Crippen LogP contribution is 2.47. The highest BCUT2D eigenvalue weighted by atomic mass is 31.2. The summed E-state index contributed by atoms with van der Waals surface area (Å²) < 4.78 is 34.1. The number of rotatable bonds is 38. The zero-order valence-electron chi connectivity index (χ0n) is 36.1. The van der Waals surface area contributed by atoms with Crippen LogP contribution in [0.1, 0.15) is 181 Å².